The van der Waals surface area contributed by atoms with Crippen molar-refractivity contribution in [2.45, 2.75) is 25.7 Å². The first kappa shape index (κ1) is 22.7. The first-order chi connectivity index (χ1) is 15.9. The number of benzene rings is 2. The van der Waals surface area contributed by atoms with E-state index in [1.54, 1.807) is 25.4 Å². The monoisotopic (exact) mass is 448 g/mol. The number of aromatic nitrogens is 2. The first-order valence-corrected chi connectivity index (χ1v) is 11.1. The van der Waals surface area contributed by atoms with Crippen LogP contribution in [0, 0.1) is 12.7 Å². The third-order valence-electron chi connectivity index (χ3n) is 6.10. The third-order valence-corrected chi connectivity index (χ3v) is 6.10. The van der Waals surface area contributed by atoms with Crippen molar-refractivity contribution in [3.05, 3.63) is 71.3 Å². The normalized spacial score (nSPS) is 15.5. The lowest BCUT2D eigenvalue weighted by Gasteiger charge is -2.20. The third kappa shape index (κ3) is 4.97. The van der Waals surface area contributed by atoms with E-state index in [1.165, 1.54) is 12.1 Å². The number of carbonyl (C=O) groups excluding carboxylic acids is 1. The molecule has 33 heavy (non-hydrogen) atoms. The average Bonchev–Trinajstić information content (AvgIpc) is 3.30. The number of likely N-dealkylation sites (tertiary alicyclic amines) is 1. The maximum Gasteiger partial charge on any atom is 0.227 e. The van der Waals surface area contributed by atoms with E-state index in [-0.39, 0.29) is 17.6 Å². The first-order valence-electron chi connectivity index (χ1n) is 11.1. The largest absolute Gasteiger partial charge is 0.496 e. The summed E-state index contributed by atoms with van der Waals surface area (Å²) in [7, 11) is 5.45. The van der Waals surface area contributed by atoms with Crippen molar-refractivity contribution in [2.24, 2.45) is 0 Å². The second-order valence-corrected chi connectivity index (χ2v) is 8.68. The summed E-state index contributed by atoms with van der Waals surface area (Å²) in [4.78, 5) is 26.1. The van der Waals surface area contributed by atoms with Gasteiger partial charge < -0.3 is 14.5 Å². The lowest BCUT2D eigenvalue weighted by atomic mass is 9.96. The van der Waals surface area contributed by atoms with Gasteiger partial charge in [-0.15, -0.1) is 0 Å². The lowest BCUT2D eigenvalue weighted by Crippen LogP contribution is -2.30. The van der Waals surface area contributed by atoms with Crippen molar-refractivity contribution in [2.75, 3.05) is 39.2 Å². The zero-order chi connectivity index (χ0) is 23.5. The highest BCUT2D eigenvalue weighted by Gasteiger charge is 2.30. The molecule has 1 unspecified atom stereocenters. The molecule has 0 spiro atoms. The van der Waals surface area contributed by atoms with Crippen LogP contribution >= 0.6 is 0 Å². The zero-order valence-electron chi connectivity index (χ0n) is 19.5. The molecule has 0 bridgehead atoms. The Balaban J connectivity index is 1.55. The molecule has 1 saturated heterocycles. The molecular weight excluding hydrogens is 419 g/mol. The molecule has 0 N–H and O–H groups in total. The summed E-state index contributed by atoms with van der Waals surface area (Å²) < 4.78 is 18.8. The van der Waals surface area contributed by atoms with E-state index in [1.807, 2.05) is 49.0 Å². The Bertz CT molecular complexity index is 1150. The van der Waals surface area contributed by atoms with Gasteiger partial charge in [0.15, 0.2) is 0 Å². The van der Waals surface area contributed by atoms with Crippen LogP contribution in [0.15, 0.2) is 48.7 Å². The number of carbonyl (C=O) groups is 1. The number of nitrogens with zero attached hydrogens (tertiary/aromatic N) is 4. The SMILES string of the molecule is COc1ccc(CC(=O)N2CCC(c3nc(N(C)C)ncc3-c3ccc(F)cc3)C2)cc1C. The summed E-state index contributed by atoms with van der Waals surface area (Å²) >= 11 is 0. The van der Waals surface area contributed by atoms with E-state index in [2.05, 4.69) is 4.98 Å². The van der Waals surface area contributed by atoms with Gasteiger partial charge in [0.25, 0.3) is 0 Å². The highest BCUT2D eigenvalue weighted by atomic mass is 19.1. The smallest absolute Gasteiger partial charge is 0.227 e. The molecule has 1 fully saturated rings. The highest BCUT2D eigenvalue weighted by Crippen LogP contribution is 2.34. The standard InChI is InChI=1S/C26H29FN4O2/c1-17-13-18(5-10-23(17)33-4)14-24(32)31-12-11-20(16-31)25-22(15-28-26(29-25)30(2)3)19-6-8-21(27)9-7-19/h5-10,13,15,20H,11-12,14,16H2,1-4H3. The molecule has 6 nitrogen and oxygen atoms in total. The fourth-order valence-electron chi connectivity index (χ4n) is 4.31. The van der Waals surface area contributed by atoms with E-state index >= 15 is 0 Å². The van der Waals surface area contributed by atoms with Gasteiger partial charge in [-0.25, -0.2) is 14.4 Å². The molecule has 4 rings (SSSR count). The molecule has 1 aliphatic heterocycles. The fourth-order valence-corrected chi connectivity index (χ4v) is 4.31. The molecule has 7 heteroatoms. The van der Waals surface area contributed by atoms with Gasteiger partial charge in [-0.05, 0) is 48.2 Å². The van der Waals surface area contributed by atoms with Crippen LogP contribution in [0.4, 0.5) is 10.3 Å². The lowest BCUT2D eigenvalue weighted by molar-refractivity contribution is -0.129. The molecule has 0 radical (unpaired) electrons. The summed E-state index contributed by atoms with van der Waals surface area (Å²) in [6.07, 6.45) is 2.98. The number of amides is 1. The number of aryl methyl sites for hydroxylation is 1. The Hall–Kier alpha value is -3.48. The summed E-state index contributed by atoms with van der Waals surface area (Å²) in [6, 6.07) is 12.2. The van der Waals surface area contributed by atoms with Crippen LogP contribution in [0.2, 0.25) is 0 Å². The van der Waals surface area contributed by atoms with Gasteiger partial charge in [-0.3, -0.25) is 4.79 Å². The van der Waals surface area contributed by atoms with Crippen LogP contribution in [0.1, 0.15) is 29.2 Å². The van der Waals surface area contributed by atoms with E-state index in [0.717, 1.165) is 40.1 Å². The van der Waals surface area contributed by atoms with Crippen molar-refractivity contribution >= 4 is 11.9 Å². The minimum Gasteiger partial charge on any atom is -0.496 e. The molecule has 3 aromatic rings. The van der Waals surface area contributed by atoms with Gasteiger partial charge in [-0.2, -0.15) is 0 Å². The van der Waals surface area contributed by atoms with Gasteiger partial charge in [0.05, 0.1) is 19.2 Å². The van der Waals surface area contributed by atoms with E-state index in [9.17, 15) is 9.18 Å². The van der Waals surface area contributed by atoms with Crippen LogP contribution in [0.5, 0.6) is 5.75 Å². The van der Waals surface area contributed by atoms with Gasteiger partial charge in [-0.1, -0.05) is 24.3 Å². The van der Waals surface area contributed by atoms with E-state index in [4.69, 9.17) is 9.72 Å². The predicted molar refractivity (Wildman–Crippen MR) is 127 cm³/mol. The molecule has 2 heterocycles. The summed E-state index contributed by atoms with van der Waals surface area (Å²) in [6.45, 7) is 3.27. The number of hydrogen-bond acceptors (Lipinski definition) is 5. The topological polar surface area (TPSA) is 58.6 Å². The highest BCUT2D eigenvalue weighted by molar-refractivity contribution is 5.79. The number of rotatable bonds is 6. The van der Waals surface area contributed by atoms with Gasteiger partial charge >= 0.3 is 0 Å². The van der Waals surface area contributed by atoms with Crippen LogP contribution in [-0.2, 0) is 11.2 Å². The number of hydrogen-bond donors (Lipinski definition) is 0. The molecule has 1 atom stereocenters. The molecule has 172 valence electrons. The van der Waals surface area contributed by atoms with Crippen molar-refractivity contribution in [1.82, 2.24) is 14.9 Å². The minimum absolute atomic E-state index is 0.0910. The van der Waals surface area contributed by atoms with Gasteiger partial charge in [0, 0.05) is 44.9 Å². The van der Waals surface area contributed by atoms with Crippen LogP contribution in [0.25, 0.3) is 11.1 Å². The Kier molecular flexibility index (Phi) is 6.58. The molecule has 1 amide bonds. The van der Waals surface area contributed by atoms with Crippen LogP contribution < -0.4 is 9.64 Å². The summed E-state index contributed by atoms with van der Waals surface area (Å²) in [5, 5.41) is 0. The van der Waals surface area contributed by atoms with E-state index < -0.39 is 0 Å². The van der Waals surface area contributed by atoms with Crippen molar-refractivity contribution < 1.29 is 13.9 Å². The van der Waals surface area contributed by atoms with Gasteiger partial charge in [0.2, 0.25) is 11.9 Å². The molecular formula is C26H29FN4O2. The summed E-state index contributed by atoms with van der Waals surface area (Å²) in [5.41, 5.74) is 4.64. The van der Waals surface area contributed by atoms with Gasteiger partial charge in [0.1, 0.15) is 11.6 Å². The fraction of sp³-hybridized carbons (Fsp3) is 0.346. The average molecular weight is 449 g/mol. The molecule has 1 aliphatic rings. The van der Waals surface area contributed by atoms with E-state index in [0.29, 0.717) is 25.5 Å². The Morgan fingerprint density at radius 2 is 1.97 bits per heavy atom. The second kappa shape index (κ2) is 9.57. The van der Waals surface area contributed by atoms with Crippen LogP contribution in [-0.4, -0.2) is 55.1 Å². The maximum atomic E-state index is 13.5. The van der Waals surface area contributed by atoms with Crippen LogP contribution in [0.3, 0.4) is 0 Å². The number of anilines is 1. The molecule has 0 aliphatic carbocycles. The number of ether oxygens (including phenoxy) is 1. The molecule has 1 aromatic heterocycles. The Morgan fingerprint density at radius 1 is 1.21 bits per heavy atom. The molecule has 0 saturated carbocycles. The van der Waals surface area contributed by atoms with Crippen molar-refractivity contribution in [3.63, 3.8) is 0 Å². The van der Waals surface area contributed by atoms with Crippen molar-refractivity contribution in [1.29, 1.82) is 0 Å². The van der Waals surface area contributed by atoms with Crippen molar-refractivity contribution in [3.8, 4) is 16.9 Å². The Labute approximate surface area is 194 Å². The zero-order valence-corrected chi connectivity index (χ0v) is 19.5. The minimum atomic E-state index is -0.280. The predicted octanol–water partition coefficient (Wildman–Crippen LogP) is 4.22. The molecule has 2 aromatic carbocycles. The Morgan fingerprint density at radius 3 is 2.64 bits per heavy atom. The number of halogens is 1. The summed E-state index contributed by atoms with van der Waals surface area (Å²) in [5.74, 6) is 1.36. The maximum absolute atomic E-state index is 13.5. The quantitative estimate of drug-likeness (QED) is 0.565. The number of methoxy groups -OCH3 is 1. The second-order valence-electron chi connectivity index (χ2n) is 8.68.